The lowest BCUT2D eigenvalue weighted by atomic mass is 9.89. The van der Waals surface area contributed by atoms with Crippen molar-refractivity contribution in [3.8, 4) is 11.5 Å². The quantitative estimate of drug-likeness (QED) is 0.376. The number of carbonyl (C=O) groups excluding carboxylic acids is 1. The number of hydrogen-bond acceptors (Lipinski definition) is 3. The van der Waals surface area contributed by atoms with E-state index in [-0.39, 0.29) is 5.97 Å². The van der Waals surface area contributed by atoms with Crippen LogP contribution in [0.3, 0.4) is 0 Å². The highest BCUT2D eigenvalue weighted by Gasteiger charge is 2.25. The normalized spacial score (nSPS) is 12.0. The van der Waals surface area contributed by atoms with E-state index >= 15 is 0 Å². The summed E-state index contributed by atoms with van der Waals surface area (Å²) in [7, 11) is 3.44. The summed E-state index contributed by atoms with van der Waals surface area (Å²) in [5.41, 5.74) is 5.67. The monoisotopic (exact) mass is 435 g/mol. The fourth-order valence-electron chi connectivity index (χ4n) is 4.27. The lowest BCUT2D eigenvalue weighted by molar-refractivity contribution is 0.0601. The first-order chi connectivity index (χ1) is 15.5. The maximum absolute atomic E-state index is 12.1. The summed E-state index contributed by atoms with van der Waals surface area (Å²) in [5, 5.41) is 1.16. The molecule has 3 aromatic rings. The summed E-state index contributed by atoms with van der Waals surface area (Å²) in [6, 6.07) is 5.81. The van der Waals surface area contributed by atoms with Crippen molar-refractivity contribution in [1.29, 1.82) is 0 Å². The van der Waals surface area contributed by atoms with E-state index in [2.05, 4.69) is 30.0 Å². The number of esters is 1. The van der Waals surface area contributed by atoms with Gasteiger partial charge in [0.1, 0.15) is 0 Å². The smallest absolute Gasteiger partial charge is 0.337 e. The Kier molecular flexibility index (Phi) is 9.06. The number of methoxy groups -OCH3 is 1. The number of aryl methyl sites for hydroxylation is 1. The van der Waals surface area contributed by atoms with Gasteiger partial charge in [0.2, 0.25) is 0 Å². The number of fused-ring (bicyclic) bond motifs is 1. The molecule has 5 nitrogen and oxygen atoms in total. The second kappa shape index (κ2) is 11.5. The Morgan fingerprint density at radius 2 is 2.03 bits per heavy atom. The number of H-pyrrole nitrogens is 1. The highest BCUT2D eigenvalue weighted by molar-refractivity contribution is 5.98. The van der Waals surface area contributed by atoms with E-state index in [4.69, 9.17) is 9.72 Å². The molecule has 2 aromatic heterocycles. The number of benzene rings is 1. The van der Waals surface area contributed by atoms with Crippen LogP contribution in [0, 0.1) is 0 Å². The minimum absolute atomic E-state index is 0.330. The molecule has 0 saturated carbocycles. The molecule has 1 N–H and O–H groups in total. The fraction of sp³-hybridized carbons (Fsp3) is 0.407. The first kappa shape index (κ1) is 25.2. The first-order valence-electron chi connectivity index (χ1n) is 11.6. The van der Waals surface area contributed by atoms with Gasteiger partial charge in [0, 0.05) is 18.0 Å². The van der Waals surface area contributed by atoms with Crippen LogP contribution in [-0.4, -0.2) is 27.6 Å². The van der Waals surface area contributed by atoms with Gasteiger partial charge in [-0.15, -0.1) is 0 Å². The average molecular weight is 436 g/mol. The third-order valence-corrected chi connectivity index (χ3v) is 5.71. The number of allylic oxidation sites excluding steroid dienone is 1. The average Bonchev–Trinajstić information content (AvgIpc) is 3.36. The molecule has 0 radical (unpaired) electrons. The highest BCUT2D eigenvalue weighted by atomic mass is 16.5. The largest absolute Gasteiger partial charge is 0.465 e. The van der Waals surface area contributed by atoms with E-state index in [0.717, 1.165) is 53.1 Å². The Morgan fingerprint density at radius 3 is 2.59 bits per heavy atom. The zero-order valence-electron chi connectivity index (χ0n) is 20.6. The van der Waals surface area contributed by atoms with Gasteiger partial charge < -0.3 is 14.3 Å². The maximum atomic E-state index is 12.1. The zero-order valence-corrected chi connectivity index (χ0v) is 20.6. The van der Waals surface area contributed by atoms with Crippen molar-refractivity contribution in [2.75, 3.05) is 7.11 Å². The highest BCUT2D eigenvalue weighted by Crippen LogP contribution is 2.40. The molecule has 5 heteroatoms. The van der Waals surface area contributed by atoms with E-state index in [1.54, 1.807) is 6.08 Å². The topological polar surface area (TPSA) is 59.9 Å². The number of nitrogens with one attached hydrogen (secondary N) is 1. The molecule has 32 heavy (non-hydrogen) atoms. The van der Waals surface area contributed by atoms with Crippen LogP contribution in [-0.2, 0) is 11.8 Å². The second-order valence-electron chi connectivity index (χ2n) is 7.53. The van der Waals surface area contributed by atoms with Crippen LogP contribution in [0.25, 0.3) is 34.6 Å². The molecule has 1 unspecified atom stereocenters. The molecule has 1 aromatic carbocycles. The summed E-state index contributed by atoms with van der Waals surface area (Å²) < 4.78 is 7.07. The minimum atomic E-state index is -0.330. The Bertz CT molecular complexity index is 1100. The molecule has 0 aliphatic carbocycles. The van der Waals surface area contributed by atoms with Gasteiger partial charge >= 0.3 is 5.97 Å². The summed E-state index contributed by atoms with van der Waals surface area (Å²) in [6.07, 6.45) is 9.01. The van der Waals surface area contributed by atoms with Crippen molar-refractivity contribution in [3.63, 3.8) is 0 Å². The number of aromatic nitrogens is 3. The number of nitrogens with zero attached hydrogens (tertiary/aromatic N) is 2. The second-order valence-corrected chi connectivity index (χ2v) is 7.53. The van der Waals surface area contributed by atoms with E-state index in [1.807, 2.05) is 58.2 Å². The van der Waals surface area contributed by atoms with Crippen LogP contribution in [0.5, 0.6) is 0 Å². The molecule has 0 saturated heterocycles. The van der Waals surface area contributed by atoms with E-state index < -0.39 is 0 Å². The van der Waals surface area contributed by atoms with Crippen LogP contribution in [0.1, 0.15) is 87.1 Å². The van der Waals surface area contributed by atoms with E-state index in [1.165, 1.54) is 12.7 Å². The molecule has 0 spiro atoms. The lowest BCUT2D eigenvalue weighted by Crippen LogP contribution is -2.02. The Labute approximate surface area is 192 Å². The van der Waals surface area contributed by atoms with Crippen molar-refractivity contribution >= 4 is 29.0 Å². The molecular weight excluding hydrogens is 398 g/mol. The summed E-state index contributed by atoms with van der Waals surface area (Å²) in [6.45, 7) is 14.3. The Hall–Kier alpha value is -3.08. The molecule has 0 fully saturated rings. The van der Waals surface area contributed by atoms with Gasteiger partial charge in [0.15, 0.2) is 5.82 Å². The predicted octanol–water partition coefficient (Wildman–Crippen LogP) is 7.35. The molecule has 0 aliphatic heterocycles. The van der Waals surface area contributed by atoms with Crippen LogP contribution in [0.4, 0.5) is 0 Å². The molecule has 3 rings (SSSR count). The molecule has 0 amide bonds. The molecular formula is C27H37N3O2. The number of imidazole rings is 1. The van der Waals surface area contributed by atoms with E-state index in [0.29, 0.717) is 11.5 Å². The number of aromatic amines is 1. The first-order valence-corrected chi connectivity index (χ1v) is 11.6. The van der Waals surface area contributed by atoms with E-state index in [9.17, 15) is 4.79 Å². The molecule has 0 bridgehead atoms. The molecule has 1 atom stereocenters. The maximum Gasteiger partial charge on any atom is 0.337 e. The van der Waals surface area contributed by atoms with Gasteiger partial charge in [-0.1, -0.05) is 52.8 Å². The lowest BCUT2D eigenvalue weighted by Gasteiger charge is -2.16. The standard InChI is InChI=1S/C25H31N3O2.C2H6/c1-7-11-16(9-3)22-18-14-13-17(25(29)30-6)15-21(18)28(5)23(22)24-26-19(10-4)20(27-24)12-8-2;1-2/h8,10,12-16H,4,7,9,11H2,1-3,5-6H3,(H,26,27);1-2H3/b12-8-;. The number of carbonyl (C=O) groups is 1. The summed E-state index contributed by atoms with van der Waals surface area (Å²) in [4.78, 5) is 20.4. The third-order valence-electron chi connectivity index (χ3n) is 5.71. The SMILES string of the molecule is C=Cc1nc(-c2c(C(CC)CCC)c3ccc(C(=O)OC)cc3n2C)[nH]c1/C=C\C.CC. The van der Waals surface area contributed by atoms with Gasteiger partial charge in [-0.2, -0.15) is 0 Å². The van der Waals surface area contributed by atoms with Crippen molar-refractivity contribution in [2.45, 2.75) is 59.8 Å². The third kappa shape index (κ3) is 4.72. The summed E-state index contributed by atoms with van der Waals surface area (Å²) >= 11 is 0. The fourth-order valence-corrected chi connectivity index (χ4v) is 4.27. The Balaban J connectivity index is 0.00000176. The number of rotatable bonds is 8. The van der Waals surface area contributed by atoms with Crippen LogP contribution in [0.15, 0.2) is 30.9 Å². The van der Waals surface area contributed by atoms with Gasteiger partial charge in [0.25, 0.3) is 0 Å². The minimum Gasteiger partial charge on any atom is -0.465 e. The predicted molar refractivity (Wildman–Crippen MR) is 136 cm³/mol. The van der Waals surface area contributed by atoms with Gasteiger partial charge in [-0.25, -0.2) is 9.78 Å². The van der Waals surface area contributed by atoms with Gasteiger partial charge in [0.05, 0.1) is 29.8 Å². The number of hydrogen-bond donors (Lipinski definition) is 1. The number of ether oxygens (including phenoxy) is 1. The van der Waals surface area contributed by atoms with Gasteiger partial charge in [-0.05, 0) is 55.5 Å². The van der Waals surface area contributed by atoms with Crippen LogP contribution < -0.4 is 0 Å². The molecule has 0 aliphatic rings. The van der Waals surface area contributed by atoms with Crippen molar-refractivity contribution in [2.24, 2.45) is 7.05 Å². The summed E-state index contributed by atoms with van der Waals surface area (Å²) in [5.74, 6) is 0.894. The molecule has 2 heterocycles. The van der Waals surface area contributed by atoms with Crippen molar-refractivity contribution < 1.29 is 9.53 Å². The van der Waals surface area contributed by atoms with Gasteiger partial charge in [-0.3, -0.25) is 0 Å². The molecule has 172 valence electrons. The van der Waals surface area contributed by atoms with Crippen molar-refractivity contribution in [3.05, 3.63) is 53.4 Å². The van der Waals surface area contributed by atoms with Crippen LogP contribution in [0.2, 0.25) is 0 Å². The Morgan fingerprint density at radius 1 is 1.31 bits per heavy atom. The zero-order chi connectivity index (χ0) is 23.8. The van der Waals surface area contributed by atoms with Crippen molar-refractivity contribution in [1.82, 2.24) is 14.5 Å². The van der Waals surface area contributed by atoms with Crippen LogP contribution >= 0.6 is 0 Å².